The molecule has 0 spiro atoms. The Balaban J connectivity index is 1.44. The van der Waals surface area contributed by atoms with Crippen molar-refractivity contribution < 1.29 is 19.7 Å². The Kier molecular flexibility index (Phi) is 9.46. The van der Waals surface area contributed by atoms with Crippen LogP contribution in [-0.2, 0) is 9.53 Å². The van der Waals surface area contributed by atoms with Gasteiger partial charge < -0.3 is 14.9 Å². The predicted molar refractivity (Wildman–Crippen MR) is 154 cm³/mol. The van der Waals surface area contributed by atoms with Crippen LogP contribution in [-0.4, -0.2) is 34.5 Å². The van der Waals surface area contributed by atoms with Crippen molar-refractivity contribution in [1.82, 2.24) is 0 Å². The van der Waals surface area contributed by atoms with Crippen LogP contribution in [0.1, 0.15) is 105 Å². The minimum absolute atomic E-state index is 0.0184. The minimum Gasteiger partial charge on any atom is -0.458 e. The van der Waals surface area contributed by atoms with Gasteiger partial charge in [0, 0.05) is 17.4 Å². The van der Waals surface area contributed by atoms with Crippen LogP contribution in [0.2, 0.25) is 0 Å². The summed E-state index contributed by atoms with van der Waals surface area (Å²) in [6.07, 6.45) is 16.6. The van der Waals surface area contributed by atoms with Crippen LogP contribution < -0.4 is 0 Å². The summed E-state index contributed by atoms with van der Waals surface area (Å²) in [4.78, 5) is 12.4. The zero-order valence-electron chi connectivity index (χ0n) is 24.4. The maximum Gasteiger partial charge on any atom is 0.334 e. The Morgan fingerprint density at radius 2 is 1.89 bits per heavy atom. The normalized spacial score (nSPS) is 40.6. The van der Waals surface area contributed by atoms with Crippen LogP contribution in [0.4, 0.5) is 0 Å². The van der Waals surface area contributed by atoms with Crippen LogP contribution in [0.25, 0.3) is 0 Å². The van der Waals surface area contributed by atoms with Gasteiger partial charge in [-0.2, -0.15) is 0 Å². The van der Waals surface area contributed by atoms with Gasteiger partial charge in [-0.25, -0.2) is 4.79 Å². The largest absolute Gasteiger partial charge is 0.458 e. The van der Waals surface area contributed by atoms with E-state index >= 15 is 0 Å². The van der Waals surface area contributed by atoms with Crippen molar-refractivity contribution in [1.29, 1.82) is 0 Å². The fourth-order valence-corrected chi connectivity index (χ4v) is 8.42. The van der Waals surface area contributed by atoms with Gasteiger partial charge in [-0.15, -0.1) is 0 Å². The van der Waals surface area contributed by atoms with Gasteiger partial charge in [0.25, 0.3) is 0 Å². The molecule has 38 heavy (non-hydrogen) atoms. The highest BCUT2D eigenvalue weighted by Crippen LogP contribution is 2.60. The van der Waals surface area contributed by atoms with Crippen LogP contribution in [0.3, 0.4) is 0 Å². The first-order chi connectivity index (χ1) is 18.1. The lowest BCUT2D eigenvalue weighted by Crippen LogP contribution is -2.37. The number of allylic oxidation sites excluding steroid dienone is 3. The second-order valence-corrected chi connectivity index (χ2v) is 13.3. The number of aliphatic hydroxyl groups is 2. The maximum absolute atomic E-state index is 12.4. The Labute approximate surface area is 231 Å². The number of cyclic esters (lactones) is 1. The van der Waals surface area contributed by atoms with Gasteiger partial charge >= 0.3 is 5.97 Å². The van der Waals surface area contributed by atoms with Crippen LogP contribution >= 0.6 is 0 Å². The fourth-order valence-electron chi connectivity index (χ4n) is 8.42. The topological polar surface area (TPSA) is 66.8 Å². The molecule has 9 atom stereocenters. The number of esters is 1. The zero-order valence-corrected chi connectivity index (χ0v) is 24.4. The smallest absolute Gasteiger partial charge is 0.334 e. The van der Waals surface area contributed by atoms with Crippen LogP contribution in [0, 0.1) is 35.0 Å². The molecule has 4 nitrogen and oxygen atoms in total. The van der Waals surface area contributed by atoms with E-state index in [0.717, 1.165) is 36.8 Å². The van der Waals surface area contributed by atoms with Gasteiger partial charge in [0.05, 0.1) is 12.2 Å². The second-order valence-electron chi connectivity index (χ2n) is 13.3. The van der Waals surface area contributed by atoms with E-state index in [-0.39, 0.29) is 29.3 Å². The van der Waals surface area contributed by atoms with Crippen molar-refractivity contribution >= 4 is 5.97 Å². The maximum atomic E-state index is 12.4. The highest BCUT2D eigenvalue weighted by Gasteiger charge is 2.51. The molecule has 212 valence electrons. The number of rotatable bonds is 9. The van der Waals surface area contributed by atoms with E-state index in [0.29, 0.717) is 29.7 Å². The van der Waals surface area contributed by atoms with E-state index in [9.17, 15) is 15.0 Å². The minimum atomic E-state index is -0.673. The molecule has 0 aromatic rings. The lowest BCUT2D eigenvalue weighted by molar-refractivity contribution is -0.140. The average molecular weight is 525 g/mol. The Morgan fingerprint density at radius 3 is 2.63 bits per heavy atom. The molecule has 4 fully saturated rings. The van der Waals surface area contributed by atoms with E-state index in [4.69, 9.17) is 4.74 Å². The quantitative estimate of drug-likeness (QED) is 0.187. The first-order valence-electron chi connectivity index (χ1n) is 15.4. The summed E-state index contributed by atoms with van der Waals surface area (Å²) >= 11 is 0. The molecule has 0 radical (unpaired) electrons. The number of unbranched alkanes of at least 4 members (excludes halogenated alkanes) is 3. The van der Waals surface area contributed by atoms with Crippen LogP contribution in [0.15, 0.2) is 47.6 Å². The molecule has 2 N–H and O–H groups in total. The van der Waals surface area contributed by atoms with Crippen molar-refractivity contribution in [3.63, 3.8) is 0 Å². The summed E-state index contributed by atoms with van der Waals surface area (Å²) in [5.41, 5.74) is 4.21. The summed E-state index contributed by atoms with van der Waals surface area (Å²) in [5.74, 6) is 1.51. The van der Waals surface area contributed by atoms with E-state index < -0.39 is 12.2 Å². The Bertz CT molecular complexity index is 960. The summed E-state index contributed by atoms with van der Waals surface area (Å²) in [6, 6.07) is 0. The molecular formula is C34H52O4. The van der Waals surface area contributed by atoms with Crippen molar-refractivity contribution in [2.45, 2.75) is 123 Å². The van der Waals surface area contributed by atoms with E-state index in [2.05, 4.69) is 46.1 Å². The lowest BCUT2D eigenvalue weighted by atomic mass is 9.60. The standard InChI is InChI=1S/C34H52O4/c1-7-8-9-10-13-27-23(4)33(37)38-31(27)19-21(2)28-16-17-29-25(12-11-18-34(28,29)6)14-15-26-20-30(35)24(5)32(36)22(26)3/h14-15,21,24,27-32,35-36H,3-4,7-13,16-20H2,1-2,5-6H3/b25-14-,26-15+/t21?,24?,27?,28-,29+,30?,31?,32?,34-/m1/s1. The third-order valence-electron chi connectivity index (χ3n) is 10.9. The van der Waals surface area contributed by atoms with Gasteiger partial charge in [-0.05, 0) is 85.7 Å². The van der Waals surface area contributed by atoms with E-state index in [1.165, 1.54) is 50.5 Å². The van der Waals surface area contributed by atoms with Gasteiger partial charge in [-0.3, -0.25) is 0 Å². The van der Waals surface area contributed by atoms with Crippen LogP contribution in [0.5, 0.6) is 0 Å². The molecule has 4 aliphatic rings. The molecule has 6 unspecified atom stereocenters. The first kappa shape index (κ1) is 29.3. The van der Waals surface area contributed by atoms with Crippen molar-refractivity contribution in [3.8, 4) is 0 Å². The molecule has 3 aliphatic carbocycles. The number of carbonyl (C=O) groups excluding carboxylic acids is 1. The van der Waals surface area contributed by atoms with E-state index in [1.54, 1.807) is 0 Å². The highest BCUT2D eigenvalue weighted by atomic mass is 16.6. The molecule has 4 heteroatoms. The molecule has 4 rings (SSSR count). The van der Waals surface area contributed by atoms with Gasteiger partial charge in [0.1, 0.15) is 6.10 Å². The number of hydrogen-bond acceptors (Lipinski definition) is 4. The SMILES string of the molecule is C=C1/C(=C/C=C2/CCC[C@]3(C)[C@@H](C(C)CC4OC(=O)C(=C)C4CCCCCC)CC[C@@H]23)CC(O)C(C)C1O. The fraction of sp³-hybridized carbons (Fsp3) is 0.735. The molecule has 0 aromatic heterocycles. The monoisotopic (exact) mass is 524 g/mol. The number of carbonyl (C=O) groups is 1. The van der Waals surface area contributed by atoms with Crippen molar-refractivity contribution in [3.05, 3.63) is 47.6 Å². The van der Waals surface area contributed by atoms with Crippen molar-refractivity contribution in [2.24, 2.45) is 35.0 Å². The number of fused-ring (bicyclic) bond motifs is 1. The molecule has 1 heterocycles. The van der Waals surface area contributed by atoms with E-state index in [1.807, 2.05) is 6.92 Å². The van der Waals surface area contributed by atoms with Crippen molar-refractivity contribution in [2.75, 3.05) is 0 Å². The molecule has 0 amide bonds. The average Bonchev–Trinajstić information content (AvgIpc) is 3.37. The first-order valence-corrected chi connectivity index (χ1v) is 15.4. The molecule has 0 aromatic carbocycles. The lowest BCUT2D eigenvalue weighted by Gasteiger charge is -2.45. The van der Waals surface area contributed by atoms with Gasteiger partial charge in [-0.1, -0.05) is 84.3 Å². The number of hydrogen-bond donors (Lipinski definition) is 2. The zero-order chi connectivity index (χ0) is 27.6. The summed E-state index contributed by atoms with van der Waals surface area (Å²) in [5, 5.41) is 20.9. The predicted octanol–water partition coefficient (Wildman–Crippen LogP) is 7.47. The summed E-state index contributed by atoms with van der Waals surface area (Å²) < 4.78 is 5.90. The molecule has 1 aliphatic heterocycles. The highest BCUT2D eigenvalue weighted by molar-refractivity contribution is 5.90. The van der Waals surface area contributed by atoms with Gasteiger partial charge in [0.2, 0.25) is 0 Å². The number of aliphatic hydroxyl groups excluding tert-OH is 2. The second kappa shape index (κ2) is 12.3. The molecule has 1 saturated heterocycles. The van der Waals surface area contributed by atoms with Gasteiger partial charge in [0.15, 0.2) is 0 Å². The Morgan fingerprint density at radius 1 is 1.13 bits per heavy atom. The molecular weight excluding hydrogens is 472 g/mol. The summed E-state index contributed by atoms with van der Waals surface area (Å²) in [7, 11) is 0. The molecule has 3 saturated carbocycles. The third-order valence-corrected chi connectivity index (χ3v) is 10.9. The number of ether oxygens (including phenoxy) is 1. The molecule has 0 bridgehead atoms. The summed E-state index contributed by atoms with van der Waals surface area (Å²) in [6.45, 7) is 17.3. The Hall–Kier alpha value is -1.65. The third kappa shape index (κ3) is 5.77.